The first-order valence-corrected chi connectivity index (χ1v) is 13.2. The molecule has 2 aromatic rings. The molecule has 5 nitrogen and oxygen atoms in total. The monoisotopic (exact) mass is 499 g/mol. The van der Waals surface area contributed by atoms with Crippen molar-refractivity contribution in [3.8, 4) is 11.1 Å². The summed E-state index contributed by atoms with van der Waals surface area (Å²) >= 11 is 13.8. The van der Waals surface area contributed by atoms with Gasteiger partial charge in [-0.05, 0) is 66.1 Å². The highest BCUT2D eigenvalue weighted by atomic mass is 35.5. The zero-order chi connectivity index (χ0) is 23.7. The Morgan fingerprint density at radius 2 is 1.62 bits per heavy atom. The van der Waals surface area contributed by atoms with Gasteiger partial charge < -0.3 is 16.0 Å². The third kappa shape index (κ3) is 4.84. The number of hydrogen-bond donors (Lipinski definition) is 3. The largest absolute Gasteiger partial charge is 0.356 e. The molecule has 3 fully saturated rings. The molecule has 0 aromatic heterocycles. The summed E-state index contributed by atoms with van der Waals surface area (Å²) in [7, 11) is 0. The van der Waals surface area contributed by atoms with Crippen molar-refractivity contribution in [1.29, 1.82) is 0 Å². The number of carbonyl (C=O) groups is 2. The summed E-state index contributed by atoms with van der Waals surface area (Å²) in [4.78, 5) is 25.1. The van der Waals surface area contributed by atoms with Crippen LogP contribution in [0.15, 0.2) is 36.4 Å². The van der Waals surface area contributed by atoms with Crippen LogP contribution < -0.4 is 16.0 Å². The molecule has 2 heterocycles. The van der Waals surface area contributed by atoms with Gasteiger partial charge in [0.1, 0.15) is 0 Å². The van der Waals surface area contributed by atoms with Crippen LogP contribution in [0.2, 0.25) is 10.0 Å². The first-order chi connectivity index (χ1) is 16.5. The summed E-state index contributed by atoms with van der Waals surface area (Å²) in [6.07, 6.45) is 6.70. The van der Waals surface area contributed by atoms with Crippen molar-refractivity contribution in [2.24, 2.45) is 11.8 Å². The molecule has 34 heavy (non-hydrogen) atoms. The van der Waals surface area contributed by atoms with E-state index in [0.29, 0.717) is 21.5 Å². The summed E-state index contributed by atoms with van der Waals surface area (Å²) in [5.74, 6) is 0.455. The molecule has 2 saturated heterocycles. The van der Waals surface area contributed by atoms with E-state index in [1.807, 2.05) is 36.4 Å². The number of hydrogen-bond acceptors (Lipinski definition) is 3. The van der Waals surface area contributed by atoms with Crippen LogP contribution in [0.4, 0.5) is 0 Å². The van der Waals surface area contributed by atoms with Gasteiger partial charge in [-0.2, -0.15) is 0 Å². The lowest BCUT2D eigenvalue weighted by atomic mass is 9.70. The van der Waals surface area contributed by atoms with Crippen molar-refractivity contribution in [2.75, 3.05) is 19.6 Å². The molecule has 2 aliphatic heterocycles. The van der Waals surface area contributed by atoms with Crippen LogP contribution in [0.5, 0.6) is 0 Å². The van der Waals surface area contributed by atoms with Gasteiger partial charge in [-0.15, -0.1) is 0 Å². The summed E-state index contributed by atoms with van der Waals surface area (Å²) < 4.78 is 0. The maximum atomic E-state index is 12.7. The minimum atomic E-state index is -0.0763. The molecule has 2 amide bonds. The second kappa shape index (κ2) is 10.3. The zero-order valence-corrected chi connectivity index (χ0v) is 20.7. The average Bonchev–Trinajstić information content (AvgIpc) is 3.24. The van der Waals surface area contributed by atoms with Crippen LogP contribution >= 0.6 is 23.2 Å². The van der Waals surface area contributed by atoms with Crippen molar-refractivity contribution < 1.29 is 9.59 Å². The Bertz CT molecular complexity index is 1040. The van der Waals surface area contributed by atoms with E-state index in [2.05, 4.69) is 16.0 Å². The van der Waals surface area contributed by atoms with Crippen molar-refractivity contribution in [3.05, 3.63) is 57.6 Å². The molecule has 3 aliphatic rings. The number of carbonyl (C=O) groups excluding carboxylic acids is 2. The Morgan fingerprint density at radius 3 is 2.18 bits per heavy atom. The molecule has 0 radical (unpaired) electrons. The van der Waals surface area contributed by atoms with E-state index >= 15 is 0 Å². The lowest BCUT2D eigenvalue weighted by molar-refractivity contribution is -0.123. The summed E-state index contributed by atoms with van der Waals surface area (Å²) in [5, 5.41) is 10.4. The van der Waals surface area contributed by atoms with Crippen molar-refractivity contribution in [2.45, 2.75) is 50.5 Å². The number of amides is 2. The Balaban J connectivity index is 1.42. The minimum Gasteiger partial charge on any atom is -0.356 e. The van der Waals surface area contributed by atoms with Gasteiger partial charge in [0, 0.05) is 47.1 Å². The number of rotatable bonds is 6. The lowest BCUT2D eigenvalue weighted by Gasteiger charge is -2.34. The second-order valence-corrected chi connectivity index (χ2v) is 10.7. The number of benzene rings is 2. The van der Waals surface area contributed by atoms with E-state index < -0.39 is 0 Å². The van der Waals surface area contributed by atoms with Crippen molar-refractivity contribution in [1.82, 2.24) is 16.0 Å². The highest BCUT2D eigenvalue weighted by Crippen LogP contribution is 2.48. The van der Waals surface area contributed by atoms with Crippen molar-refractivity contribution >= 4 is 35.0 Å². The smallest absolute Gasteiger partial charge is 0.251 e. The van der Waals surface area contributed by atoms with E-state index in [1.165, 1.54) is 19.3 Å². The average molecular weight is 500 g/mol. The Morgan fingerprint density at radius 1 is 0.941 bits per heavy atom. The van der Waals surface area contributed by atoms with Crippen LogP contribution in [-0.4, -0.2) is 37.5 Å². The Hall–Kier alpha value is -2.08. The fourth-order valence-corrected chi connectivity index (χ4v) is 6.50. The van der Waals surface area contributed by atoms with Gasteiger partial charge in [0.2, 0.25) is 5.91 Å². The maximum absolute atomic E-state index is 12.7. The van der Waals surface area contributed by atoms with Gasteiger partial charge in [-0.3, -0.25) is 9.59 Å². The fourth-order valence-electron chi connectivity index (χ4n) is 5.76. The van der Waals surface area contributed by atoms with Crippen LogP contribution in [0.25, 0.3) is 11.1 Å². The minimum absolute atomic E-state index is 0.0453. The van der Waals surface area contributed by atoms with Crippen LogP contribution in [0, 0.1) is 11.8 Å². The first kappa shape index (κ1) is 23.7. The molecule has 180 valence electrons. The third-order valence-corrected chi connectivity index (χ3v) is 8.32. The van der Waals surface area contributed by atoms with Gasteiger partial charge in [0.05, 0.1) is 6.04 Å². The molecular weight excluding hydrogens is 469 g/mol. The summed E-state index contributed by atoms with van der Waals surface area (Å²) in [6.45, 7) is 2.35. The topological polar surface area (TPSA) is 70.2 Å². The summed E-state index contributed by atoms with van der Waals surface area (Å²) in [5.41, 5.74) is 3.41. The standard InChI is InChI=1S/C27H31Cl2N3O2/c28-22-12-19(16-6-8-18(9-7-16)26(33)32-20-14-30-15-20)13-23(29)25(22)24(17-4-2-1-3-5-17)21-10-11-31-27(21)34/h6-9,12-13,17,20-21,24,30H,1-5,10-11,14-15H2,(H,31,34)(H,32,33). The quantitative estimate of drug-likeness (QED) is 0.513. The molecule has 2 aromatic carbocycles. The highest BCUT2D eigenvalue weighted by molar-refractivity contribution is 6.36. The molecule has 1 aliphatic carbocycles. The Labute approximate surface area is 211 Å². The lowest BCUT2D eigenvalue weighted by Crippen LogP contribution is -2.56. The van der Waals surface area contributed by atoms with Crippen LogP contribution in [-0.2, 0) is 4.79 Å². The number of nitrogens with one attached hydrogen (secondary N) is 3. The van der Waals surface area contributed by atoms with Crippen LogP contribution in [0.3, 0.4) is 0 Å². The molecule has 2 unspecified atom stereocenters. The van der Waals surface area contributed by atoms with Gasteiger partial charge in [-0.1, -0.05) is 54.6 Å². The molecule has 7 heteroatoms. The fraction of sp³-hybridized carbons (Fsp3) is 0.481. The number of halogens is 2. The molecule has 5 rings (SSSR count). The highest BCUT2D eigenvalue weighted by Gasteiger charge is 2.40. The van der Waals surface area contributed by atoms with Crippen LogP contribution in [0.1, 0.15) is 60.4 Å². The molecule has 0 bridgehead atoms. The van der Waals surface area contributed by atoms with Gasteiger partial charge >= 0.3 is 0 Å². The predicted octanol–water partition coefficient (Wildman–Crippen LogP) is 5.16. The zero-order valence-electron chi connectivity index (χ0n) is 19.2. The van der Waals surface area contributed by atoms with Gasteiger partial charge in [0.25, 0.3) is 5.91 Å². The first-order valence-electron chi connectivity index (χ1n) is 12.4. The summed E-state index contributed by atoms with van der Waals surface area (Å²) in [6, 6.07) is 11.6. The van der Waals surface area contributed by atoms with E-state index in [9.17, 15) is 9.59 Å². The third-order valence-electron chi connectivity index (χ3n) is 7.69. The Kier molecular flexibility index (Phi) is 7.14. The van der Waals surface area contributed by atoms with E-state index in [4.69, 9.17) is 23.2 Å². The van der Waals surface area contributed by atoms with Gasteiger partial charge in [-0.25, -0.2) is 0 Å². The van der Waals surface area contributed by atoms with Gasteiger partial charge in [0.15, 0.2) is 0 Å². The van der Waals surface area contributed by atoms with Crippen molar-refractivity contribution in [3.63, 3.8) is 0 Å². The molecular formula is C27H31Cl2N3O2. The molecule has 1 saturated carbocycles. The van der Waals surface area contributed by atoms with E-state index in [1.54, 1.807) is 0 Å². The molecule has 3 N–H and O–H groups in total. The van der Waals surface area contributed by atoms with E-state index in [0.717, 1.165) is 55.6 Å². The normalized spacial score (nSPS) is 22.2. The second-order valence-electron chi connectivity index (χ2n) is 9.87. The maximum Gasteiger partial charge on any atom is 0.251 e. The molecule has 0 spiro atoms. The predicted molar refractivity (Wildman–Crippen MR) is 136 cm³/mol. The van der Waals surface area contributed by atoms with E-state index in [-0.39, 0.29) is 29.7 Å². The SMILES string of the molecule is O=C(NC1CNC1)c1ccc(-c2cc(Cl)c(C(C3CCCCC3)C3CCNC3=O)c(Cl)c2)cc1. The molecule has 2 atom stereocenters.